The Balaban J connectivity index is 2.27. The van der Waals surface area contributed by atoms with Crippen molar-refractivity contribution in [1.82, 2.24) is 5.32 Å². The average molecular weight is 349 g/mol. The third-order valence-electron chi connectivity index (χ3n) is 2.50. The third kappa shape index (κ3) is 6.95. The fourth-order valence-electron chi connectivity index (χ4n) is 1.44. The van der Waals surface area contributed by atoms with Gasteiger partial charge in [-0.25, -0.2) is 0 Å². The van der Waals surface area contributed by atoms with Crippen LogP contribution in [0.2, 0.25) is 5.02 Å². The van der Waals surface area contributed by atoms with E-state index in [0.29, 0.717) is 29.7 Å². The molecule has 1 N–H and O–H groups in total. The molecule has 1 aromatic rings. The molecule has 0 radical (unpaired) electrons. The first-order chi connectivity index (χ1) is 8.99. The highest BCUT2D eigenvalue weighted by molar-refractivity contribution is 9.10. The topological polar surface area (TPSA) is 38.3 Å². The smallest absolute Gasteiger partial charge is 0.251 e. The second-order valence-corrected chi connectivity index (χ2v) is 6.06. The van der Waals surface area contributed by atoms with Gasteiger partial charge in [-0.05, 0) is 30.5 Å². The van der Waals surface area contributed by atoms with E-state index in [2.05, 4.69) is 35.1 Å². The van der Waals surface area contributed by atoms with E-state index >= 15 is 0 Å². The molecule has 1 aromatic carbocycles. The van der Waals surface area contributed by atoms with Gasteiger partial charge < -0.3 is 10.1 Å². The van der Waals surface area contributed by atoms with Gasteiger partial charge in [0.2, 0.25) is 0 Å². The summed E-state index contributed by atoms with van der Waals surface area (Å²) in [5.74, 6) is 0.495. The molecule has 0 unspecified atom stereocenters. The Morgan fingerprint density at radius 2 is 2.11 bits per heavy atom. The lowest BCUT2D eigenvalue weighted by atomic mass is 10.1. The predicted octanol–water partition coefficient (Wildman–Crippen LogP) is 3.90. The standard InChI is InChI=1S/C14H19BrClNO2/c1-10(2)3-5-19-6-4-17-14(18)11-7-12(15)9-13(16)8-11/h7-10H,3-6H2,1-2H3,(H,17,18). The number of carbonyl (C=O) groups is 1. The molecule has 1 rings (SSSR count). The molecule has 0 heterocycles. The highest BCUT2D eigenvalue weighted by atomic mass is 79.9. The van der Waals surface area contributed by atoms with Gasteiger partial charge in [-0.15, -0.1) is 0 Å². The summed E-state index contributed by atoms with van der Waals surface area (Å²) in [6, 6.07) is 5.12. The first kappa shape index (κ1) is 16.5. The van der Waals surface area contributed by atoms with Crippen molar-refractivity contribution in [3.63, 3.8) is 0 Å². The molecule has 0 saturated carbocycles. The van der Waals surface area contributed by atoms with Crippen LogP contribution in [0, 0.1) is 5.92 Å². The Morgan fingerprint density at radius 1 is 1.37 bits per heavy atom. The van der Waals surface area contributed by atoms with Crippen molar-refractivity contribution in [3.8, 4) is 0 Å². The SMILES string of the molecule is CC(C)CCOCCNC(=O)c1cc(Cl)cc(Br)c1. The maximum atomic E-state index is 11.8. The number of rotatable bonds is 7. The van der Waals surface area contributed by atoms with Crippen molar-refractivity contribution >= 4 is 33.4 Å². The van der Waals surface area contributed by atoms with Crippen molar-refractivity contribution < 1.29 is 9.53 Å². The van der Waals surface area contributed by atoms with Gasteiger partial charge in [0.15, 0.2) is 0 Å². The fraction of sp³-hybridized carbons (Fsp3) is 0.500. The van der Waals surface area contributed by atoms with Crippen molar-refractivity contribution in [1.29, 1.82) is 0 Å². The lowest BCUT2D eigenvalue weighted by molar-refractivity contribution is 0.0906. The number of benzene rings is 1. The number of amides is 1. The average Bonchev–Trinajstić information content (AvgIpc) is 2.31. The first-order valence-electron chi connectivity index (χ1n) is 6.31. The molecule has 0 aliphatic rings. The maximum absolute atomic E-state index is 11.8. The van der Waals surface area contributed by atoms with Crippen LogP contribution in [0.25, 0.3) is 0 Å². The van der Waals surface area contributed by atoms with E-state index in [0.717, 1.165) is 17.5 Å². The van der Waals surface area contributed by atoms with Gasteiger partial charge in [0.05, 0.1) is 6.61 Å². The predicted molar refractivity (Wildman–Crippen MR) is 81.8 cm³/mol. The van der Waals surface area contributed by atoms with Crippen LogP contribution in [0.3, 0.4) is 0 Å². The molecular weight excluding hydrogens is 330 g/mol. The Kier molecular flexibility index (Phi) is 7.42. The Bertz CT molecular complexity index is 404. The molecule has 0 aromatic heterocycles. The second kappa shape index (κ2) is 8.56. The van der Waals surface area contributed by atoms with Gasteiger partial charge in [0, 0.05) is 28.2 Å². The molecule has 0 spiro atoms. The van der Waals surface area contributed by atoms with Gasteiger partial charge in [-0.3, -0.25) is 4.79 Å². The van der Waals surface area contributed by atoms with Crippen LogP contribution in [-0.4, -0.2) is 25.7 Å². The minimum Gasteiger partial charge on any atom is -0.380 e. The molecule has 3 nitrogen and oxygen atoms in total. The molecule has 0 bridgehead atoms. The molecule has 106 valence electrons. The number of nitrogens with one attached hydrogen (secondary N) is 1. The zero-order chi connectivity index (χ0) is 14.3. The molecule has 0 saturated heterocycles. The summed E-state index contributed by atoms with van der Waals surface area (Å²) in [7, 11) is 0. The van der Waals surface area contributed by atoms with E-state index in [-0.39, 0.29) is 5.91 Å². The zero-order valence-electron chi connectivity index (χ0n) is 11.2. The summed E-state index contributed by atoms with van der Waals surface area (Å²) in [5.41, 5.74) is 0.543. The summed E-state index contributed by atoms with van der Waals surface area (Å²) < 4.78 is 6.22. The highest BCUT2D eigenvalue weighted by Crippen LogP contribution is 2.19. The molecule has 5 heteroatoms. The normalized spacial score (nSPS) is 10.8. The zero-order valence-corrected chi connectivity index (χ0v) is 13.6. The number of hydrogen-bond donors (Lipinski definition) is 1. The molecule has 0 aliphatic heterocycles. The lowest BCUT2D eigenvalue weighted by Gasteiger charge is -2.08. The molecule has 0 fully saturated rings. The molecular formula is C14H19BrClNO2. The van der Waals surface area contributed by atoms with Crippen LogP contribution in [0.5, 0.6) is 0 Å². The van der Waals surface area contributed by atoms with Crippen LogP contribution in [0.15, 0.2) is 22.7 Å². The Morgan fingerprint density at radius 3 is 2.74 bits per heavy atom. The number of hydrogen-bond acceptors (Lipinski definition) is 2. The molecule has 0 atom stereocenters. The lowest BCUT2D eigenvalue weighted by Crippen LogP contribution is -2.27. The van der Waals surface area contributed by atoms with Crippen LogP contribution in [0.1, 0.15) is 30.6 Å². The van der Waals surface area contributed by atoms with E-state index in [9.17, 15) is 4.79 Å². The molecule has 1 amide bonds. The van der Waals surface area contributed by atoms with Crippen molar-refractivity contribution in [2.75, 3.05) is 19.8 Å². The second-order valence-electron chi connectivity index (χ2n) is 4.71. The van der Waals surface area contributed by atoms with Crippen molar-refractivity contribution in [2.45, 2.75) is 20.3 Å². The van der Waals surface area contributed by atoms with Crippen molar-refractivity contribution in [2.24, 2.45) is 5.92 Å². The molecule has 19 heavy (non-hydrogen) atoms. The number of halogens is 2. The Labute approximate surface area is 127 Å². The maximum Gasteiger partial charge on any atom is 0.251 e. The van der Waals surface area contributed by atoms with Gasteiger partial charge >= 0.3 is 0 Å². The van der Waals surface area contributed by atoms with Crippen LogP contribution in [0.4, 0.5) is 0 Å². The Hall–Kier alpha value is -0.580. The van der Waals surface area contributed by atoms with E-state index in [1.54, 1.807) is 18.2 Å². The van der Waals surface area contributed by atoms with Crippen LogP contribution < -0.4 is 5.32 Å². The summed E-state index contributed by atoms with van der Waals surface area (Å²) >= 11 is 9.20. The van der Waals surface area contributed by atoms with Gasteiger partial charge in [-0.1, -0.05) is 41.4 Å². The largest absolute Gasteiger partial charge is 0.380 e. The number of carbonyl (C=O) groups excluding carboxylic acids is 1. The summed E-state index contributed by atoms with van der Waals surface area (Å²) in [4.78, 5) is 11.8. The minimum atomic E-state index is -0.143. The third-order valence-corrected chi connectivity index (χ3v) is 3.17. The van der Waals surface area contributed by atoms with E-state index in [1.165, 1.54) is 0 Å². The fourth-order valence-corrected chi connectivity index (χ4v) is 2.30. The summed E-state index contributed by atoms with van der Waals surface area (Å²) in [6.45, 7) is 6.07. The number of ether oxygens (including phenoxy) is 1. The quantitative estimate of drug-likeness (QED) is 0.759. The van der Waals surface area contributed by atoms with Gasteiger partial charge in [0.25, 0.3) is 5.91 Å². The highest BCUT2D eigenvalue weighted by Gasteiger charge is 2.06. The van der Waals surface area contributed by atoms with Crippen molar-refractivity contribution in [3.05, 3.63) is 33.3 Å². The van der Waals surface area contributed by atoms with E-state index in [1.807, 2.05) is 0 Å². The summed E-state index contributed by atoms with van der Waals surface area (Å²) in [6.07, 6.45) is 1.04. The first-order valence-corrected chi connectivity index (χ1v) is 7.48. The monoisotopic (exact) mass is 347 g/mol. The molecule has 0 aliphatic carbocycles. The van der Waals surface area contributed by atoms with Crippen LogP contribution in [-0.2, 0) is 4.74 Å². The van der Waals surface area contributed by atoms with E-state index in [4.69, 9.17) is 16.3 Å². The van der Waals surface area contributed by atoms with Gasteiger partial charge in [0.1, 0.15) is 0 Å². The minimum absolute atomic E-state index is 0.143. The van der Waals surface area contributed by atoms with Crippen LogP contribution >= 0.6 is 27.5 Å². The van der Waals surface area contributed by atoms with Gasteiger partial charge in [-0.2, -0.15) is 0 Å². The van der Waals surface area contributed by atoms with E-state index < -0.39 is 0 Å². The summed E-state index contributed by atoms with van der Waals surface area (Å²) in [5, 5.41) is 3.33.